The van der Waals surface area contributed by atoms with E-state index in [9.17, 15) is 0 Å². The van der Waals surface area contributed by atoms with Crippen LogP contribution in [-0.2, 0) is 19.3 Å². The molecule has 0 aliphatic heterocycles. The lowest BCUT2D eigenvalue weighted by atomic mass is 10.0. The zero-order chi connectivity index (χ0) is 15.4. The van der Waals surface area contributed by atoms with Gasteiger partial charge in [-0.25, -0.2) is 4.68 Å². The molecule has 1 unspecified atom stereocenters. The van der Waals surface area contributed by atoms with E-state index < -0.39 is 0 Å². The molecule has 0 amide bonds. The van der Waals surface area contributed by atoms with E-state index in [1.165, 1.54) is 22.5 Å². The molecule has 1 aromatic heterocycles. The summed E-state index contributed by atoms with van der Waals surface area (Å²) >= 11 is 0. The van der Waals surface area contributed by atoms with Gasteiger partial charge in [0.15, 0.2) is 0 Å². The summed E-state index contributed by atoms with van der Waals surface area (Å²) in [5, 5.41) is 4.77. The highest BCUT2D eigenvalue weighted by Gasteiger charge is 2.13. The van der Waals surface area contributed by atoms with Crippen LogP contribution in [-0.4, -0.2) is 15.8 Å². The molecule has 114 valence electrons. The van der Waals surface area contributed by atoms with Crippen molar-refractivity contribution in [3.8, 4) is 5.69 Å². The van der Waals surface area contributed by atoms with E-state index in [2.05, 4.69) is 56.6 Å². The van der Waals surface area contributed by atoms with Crippen LogP contribution in [0.5, 0.6) is 0 Å². The Kier molecular flexibility index (Phi) is 5.18. The molecule has 0 saturated carbocycles. The van der Waals surface area contributed by atoms with Gasteiger partial charge in [-0.2, -0.15) is 5.10 Å². The number of aromatic nitrogens is 2. The van der Waals surface area contributed by atoms with Crippen molar-refractivity contribution in [2.45, 2.75) is 59.4 Å². The first-order valence-corrected chi connectivity index (χ1v) is 8.02. The quantitative estimate of drug-likeness (QED) is 0.881. The maximum absolute atomic E-state index is 6.17. The summed E-state index contributed by atoms with van der Waals surface area (Å²) in [6.07, 6.45) is 3.85. The van der Waals surface area contributed by atoms with E-state index >= 15 is 0 Å². The minimum Gasteiger partial charge on any atom is -0.327 e. The lowest BCUT2D eigenvalue weighted by Gasteiger charge is -2.16. The Hall–Kier alpha value is -1.61. The van der Waals surface area contributed by atoms with Gasteiger partial charge in [0.2, 0.25) is 0 Å². The number of nitrogens with two attached hydrogens (primary N) is 1. The first kappa shape index (κ1) is 15.8. The topological polar surface area (TPSA) is 43.8 Å². The number of nitrogens with zero attached hydrogens (tertiary/aromatic N) is 2. The van der Waals surface area contributed by atoms with Crippen LogP contribution in [0, 0.1) is 6.92 Å². The maximum atomic E-state index is 6.17. The number of aryl methyl sites for hydroxylation is 3. The summed E-state index contributed by atoms with van der Waals surface area (Å²) in [6, 6.07) is 9.00. The van der Waals surface area contributed by atoms with Gasteiger partial charge in [-0.05, 0) is 50.3 Å². The van der Waals surface area contributed by atoms with Crippen molar-refractivity contribution in [1.82, 2.24) is 9.78 Å². The summed E-state index contributed by atoms with van der Waals surface area (Å²) in [4.78, 5) is 0. The molecule has 1 heterocycles. The van der Waals surface area contributed by atoms with Crippen LogP contribution < -0.4 is 5.73 Å². The summed E-state index contributed by atoms with van der Waals surface area (Å²) in [5.74, 6) is 0. The lowest BCUT2D eigenvalue weighted by Crippen LogP contribution is -2.22. The van der Waals surface area contributed by atoms with Crippen LogP contribution >= 0.6 is 0 Å². The zero-order valence-corrected chi connectivity index (χ0v) is 13.7. The Labute approximate surface area is 128 Å². The van der Waals surface area contributed by atoms with Gasteiger partial charge in [-0.15, -0.1) is 0 Å². The molecular weight excluding hydrogens is 258 g/mol. The molecule has 3 nitrogen and oxygen atoms in total. The standard InChI is InChI=1S/C18H27N3/c1-5-15(19)11-14-10-13(4)8-9-18(14)21-17(7-3)12-16(6-2)20-21/h8-10,12,15H,5-7,11,19H2,1-4H3. The minimum absolute atomic E-state index is 0.205. The molecule has 0 bridgehead atoms. The fourth-order valence-corrected chi connectivity index (χ4v) is 2.62. The summed E-state index contributed by atoms with van der Waals surface area (Å²) in [5.41, 5.74) is 12.3. The normalized spacial score (nSPS) is 12.6. The second kappa shape index (κ2) is 6.90. The van der Waals surface area contributed by atoms with Crippen molar-refractivity contribution < 1.29 is 0 Å². The van der Waals surface area contributed by atoms with Crippen LogP contribution in [0.15, 0.2) is 24.3 Å². The van der Waals surface area contributed by atoms with Crippen LogP contribution in [0.3, 0.4) is 0 Å². The Balaban J connectivity index is 2.49. The molecule has 2 aromatic rings. The summed E-state index contributed by atoms with van der Waals surface area (Å²) in [6.45, 7) is 8.60. The van der Waals surface area contributed by atoms with Crippen molar-refractivity contribution >= 4 is 0 Å². The second-order valence-electron chi connectivity index (χ2n) is 5.75. The van der Waals surface area contributed by atoms with Crippen molar-refractivity contribution in [1.29, 1.82) is 0 Å². The van der Waals surface area contributed by atoms with E-state index in [-0.39, 0.29) is 6.04 Å². The first-order chi connectivity index (χ1) is 10.1. The third-order valence-electron chi connectivity index (χ3n) is 4.03. The maximum Gasteiger partial charge on any atom is 0.0681 e. The monoisotopic (exact) mass is 285 g/mol. The molecular formula is C18H27N3. The van der Waals surface area contributed by atoms with Gasteiger partial charge < -0.3 is 5.73 Å². The number of hydrogen-bond donors (Lipinski definition) is 1. The second-order valence-corrected chi connectivity index (χ2v) is 5.75. The van der Waals surface area contributed by atoms with E-state index in [4.69, 9.17) is 10.8 Å². The van der Waals surface area contributed by atoms with Crippen LogP contribution in [0.1, 0.15) is 49.7 Å². The molecule has 2 N–H and O–H groups in total. The highest BCUT2D eigenvalue weighted by atomic mass is 15.3. The third-order valence-corrected chi connectivity index (χ3v) is 4.03. The van der Waals surface area contributed by atoms with Crippen molar-refractivity contribution in [3.05, 3.63) is 46.8 Å². The van der Waals surface area contributed by atoms with Crippen LogP contribution in [0.2, 0.25) is 0 Å². The molecule has 3 heteroatoms. The Morgan fingerprint density at radius 3 is 2.52 bits per heavy atom. The fraction of sp³-hybridized carbons (Fsp3) is 0.500. The van der Waals surface area contributed by atoms with Gasteiger partial charge in [0.05, 0.1) is 11.4 Å². The molecule has 21 heavy (non-hydrogen) atoms. The lowest BCUT2D eigenvalue weighted by molar-refractivity contribution is 0.640. The third kappa shape index (κ3) is 3.53. The van der Waals surface area contributed by atoms with Crippen molar-refractivity contribution in [2.75, 3.05) is 0 Å². The predicted molar refractivity (Wildman–Crippen MR) is 89.0 cm³/mol. The largest absolute Gasteiger partial charge is 0.327 e. The average molecular weight is 285 g/mol. The Morgan fingerprint density at radius 1 is 1.14 bits per heavy atom. The zero-order valence-electron chi connectivity index (χ0n) is 13.7. The van der Waals surface area contributed by atoms with E-state index in [0.717, 1.165) is 31.4 Å². The van der Waals surface area contributed by atoms with E-state index in [1.54, 1.807) is 0 Å². The van der Waals surface area contributed by atoms with Gasteiger partial charge in [0.1, 0.15) is 0 Å². The molecule has 2 rings (SSSR count). The van der Waals surface area contributed by atoms with E-state index in [1.807, 2.05) is 0 Å². The minimum atomic E-state index is 0.205. The SMILES string of the molecule is CCc1cc(CC)n(-c2ccc(C)cc2CC(N)CC)n1. The fourth-order valence-electron chi connectivity index (χ4n) is 2.62. The molecule has 0 aliphatic rings. The molecule has 0 saturated heterocycles. The van der Waals surface area contributed by atoms with Crippen molar-refractivity contribution in [2.24, 2.45) is 5.73 Å². The Morgan fingerprint density at radius 2 is 1.90 bits per heavy atom. The van der Waals surface area contributed by atoms with Gasteiger partial charge in [0.25, 0.3) is 0 Å². The number of rotatable bonds is 6. The Bertz CT molecular complexity index is 599. The van der Waals surface area contributed by atoms with Crippen LogP contribution in [0.4, 0.5) is 0 Å². The summed E-state index contributed by atoms with van der Waals surface area (Å²) in [7, 11) is 0. The molecule has 0 spiro atoms. The average Bonchev–Trinajstić information content (AvgIpc) is 2.90. The highest BCUT2D eigenvalue weighted by molar-refractivity contribution is 5.45. The highest BCUT2D eigenvalue weighted by Crippen LogP contribution is 2.21. The summed E-state index contributed by atoms with van der Waals surface area (Å²) < 4.78 is 2.11. The van der Waals surface area contributed by atoms with Gasteiger partial charge in [-0.3, -0.25) is 0 Å². The molecule has 0 fully saturated rings. The molecule has 1 aromatic carbocycles. The number of hydrogen-bond acceptors (Lipinski definition) is 2. The van der Waals surface area contributed by atoms with Crippen LogP contribution in [0.25, 0.3) is 5.69 Å². The molecule has 0 radical (unpaired) electrons. The number of benzene rings is 1. The molecule has 1 atom stereocenters. The van der Waals surface area contributed by atoms with Gasteiger partial charge in [0, 0.05) is 11.7 Å². The van der Waals surface area contributed by atoms with E-state index in [0.29, 0.717) is 0 Å². The first-order valence-electron chi connectivity index (χ1n) is 8.02. The smallest absolute Gasteiger partial charge is 0.0681 e. The van der Waals surface area contributed by atoms with Gasteiger partial charge in [-0.1, -0.05) is 38.5 Å². The van der Waals surface area contributed by atoms with Gasteiger partial charge >= 0.3 is 0 Å². The molecule has 0 aliphatic carbocycles. The predicted octanol–water partition coefficient (Wildman–Crippen LogP) is 3.59. The van der Waals surface area contributed by atoms with Crippen molar-refractivity contribution in [3.63, 3.8) is 0 Å².